The molecular formula is C117H173Cl2LiN10O8. The van der Waals surface area contributed by atoms with E-state index in [0.717, 1.165) is 80.0 Å². The molecule has 3 aromatic heterocycles. The van der Waals surface area contributed by atoms with E-state index < -0.39 is 0 Å². The van der Waals surface area contributed by atoms with E-state index >= 15 is 0 Å². The summed E-state index contributed by atoms with van der Waals surface area (Å²) in [6.07, 6.45) is 5.49. The SMILES string of the molecule is C.C.C.CC(C)(C)C(=O)Cl.CC(C)(C)C(=O)Cl.CC(C)(C)C1Cc2ccc([N+](=O)[O-])cc2N1.CC(C)(C)C1Cc2ccccc2N1.CC(C)(C)c1cc2ccc(N)cc2[nH]1.CC(C)(C)c1cc2ccc([N+](=O)[O-])cc2[nH]1.CC(C)(C)c1cc2ccccc2[nH]1.Cc1ccccc1CC(=O)C(C)(C)C.Cc1ccccc1CC(=O)C(C)(C)C.Cc1ccccc1N.Cc1ccccc1N.[2H][2H].[CH2-]CCC.[Li+]. The summed E-state index contributed by atoms with van der Waals surface area (Å²) < 4.78 is 10.0. The first-order valence-corrected chi connectivity index (χ1v) is 47.0. The third-order valence-electron chi connectivity index (χ3n) is 22.1. The third kappa shape index (κ3) is 45.9. The fourth-order valence-corrected chi connectivity index (χ4v) is 12.1. The molecule has 2 atom stereocenters. The van der Waals surface area contributed by atoms with Crippen LogP contribution in [0.4, 0.5) is 39.8 Å². The molecule has 0 fully saturated rings. The number of nitro groups is 2. The van der Waals surface area contributed by atoms with E-state index in [0.29, 0.717) is 41.9 Å². The quantitative estimate of drug-likeness (QED) is 0.0184. The Labute approximate surface area is 855 Å². The van der Waals surface area contributed by atoms with Gasteiger partial charge in [0.15, 0.2) is 0 Å². The normalized spacial score (nSPS) is 12.8. The number of rotatable bonds is 7. The zero-order valence-electron chi connectivity index (χ0n) is 89.5. The standard InChI is InChI=1S/2C13H18O.C12H16N2O2.C12H14N2O2.C12H16N2.C12H17N.C12H15N.2C7H9N.2C5H9ClO.C4H9.3CH4.Li.H2/c2*1-10-7-5-6-8-11(10)9-12(14)13(2,3)4;2*1-12(2,3)11-6-8-4-5-9(14(15)16)7-10(8)13-11;1-12(2,3)11-6-8-4-5-9(13)7-10(8)14-11;2*1-12(2,3)11-8-9-6-4-5-7-10(9)13-11;2*1-6-4-2-3-5-7(6)8;2*1-5(2,3)4(6)7;1-3-4-2;;;;;/h2*5-8H,9H2,1-4H3;4-5,7,11,13H,6H2,1-3H3;4-7,13H,1-3H3;4-7,14H,13H2,1-3H3;4-7,11,13H,8H2,1-3H3;4-8,13H,1-3H3;2*2-5H,8H2,1H3;2*1-3H3;1,3-4H2,2H3;3*1H4;;1H/q;;;;;;;;;;;-1;;;;+1;/i;;;;;;;;;;;;;;;;1+1D. The number of halogens is 2. The van der Waals surface area contributed by atoms with E-state index in [1.165, 1.54) is 74.5 Å². The smallest absolute Gasteiger partial charge is 0.399 e. The minimum atomic E-state index is -0.378. The van der Waals surface area contributed by atoms with Gasteiger partial charge in [0.05, 0.1) is 15.4 Å². The Morgan fingerprint density at radius 3 is 1.01 bits per heavy atom. The number of H-pyrrole nitrogens is 3. The van der Waals surface area contributed by atoms with Gasteiger partial charge in [-0.05, 0) is 191 Å². The molecule has 0 amide bonds. The molecule has 0 saturated carbocycles. The number of aromatic nitrogens is 3. The number of non-ortho nitro benzene ring substituents is 2. The van der Waals surface area contributed by atoms with Gasteiger partial charge in [0.25, 0.3) is 11.4 Å². The van der Waals surface area contributed by atoms with Crippen molar-refractivity contribution in [2.45, 2.75) is 311 Å². The zero-order valence-corrected chi connectivity index (χ0v) is 89.0. The number of nitrogens with zero attached hydrogens (tertiary/aromatic N) is 2. The number of para-hydroxylation sites is 4. The van der Waals surface area contributed by atoms with Gasteiger partial charge in [-0.25, -0.2) is 0 Å². The van der Waals surface area contributed by atoms with Crippen molar-refractivity contribution in [3.63, 3.8) is 0 Å². The average molecular weight is 1930 g/mol. The number of hydrogen-bond acceptors (Lipinski definition) is 13. The summed E-state index contributed by atoms with van der Waals surface area (Å²) in [7, 11) is 0. The summed E-state index contributed by atoms with van der Waals surface area (Å²) in [6, 6.07) is 72.0. The van der Waals surface area contributed by atoms with Crippen LogP contribution >= 0.6 is 23.2 Å². The van der Waals surface area contributed by atoms with Gasteiger partial charge >= 0.3 is 18.9 Å². The number of nitro benzene ring substituents is 2. The molecule has 0 saturated heterocycles. The Hall–Kier alpha value is -10.7. The summed E-state index contributed by atoms with van der Waals surface area (Å²) in [5.74, 6) is 0.596. The molecule has 2 aliphatic rings. The van der Waals surface area contributed by atoms with Gasteiger partial charge in [0.2, 0.25) is 10.5 Å². The minimum absolute atomic E-state index is 0. The zero-order chi connectivity index (χ0) is 104. The second kappa shape index (κ2) is 57.1. The van der Waals surface area contributed by atoms with Gasteiger partial charge in [-0.3, -0.25) is 39.4 Å². The van der Waals surface area contributed by atoms with Crippen LogP contribution in [0.2, 0.25) is 0 Å². The molecule has 2 unspecified atom stereocenters. The van der Waals surface area contributed by atoms with Crippen LogP contribution in [0, 0.1) is 87.3 Å². The summed E-state index contributed by atoms with van der Waals surface area (Å²) in [5.41, 5.74) is 37.9. The van der Waals surface area contributed by atoms with E-state index in [2.05, 4.69) is 210 Å². The molecule has 14 rings (SSSR count). The maximum absolute atomic E-state index is 11.8. The van der Waals surface area contributed by atoms with Crippen molar-refractivity contribution in [3.05, 3.63) is 307 Å². The van der Waals surface area contributed by atoms with E-state index in [1.54, 1.807) is 65.8 Å². The van der Waals surface area contributed by atoms with Crippen molar-refractivity contribution in [3.8, 4) is 0 Å². The Kier molecular flexibility index (Phi) is 52.7. The summed E-state index contributed by atoms with van der Waals surface area (Å²) >= 11 is 10.2. The molecule has 0 bridgehead atoms. The minimum Gasteiger partial charge on any atom is -0.399 e. The van der Waals surface area contributed by atoms with Gasteiger partial charge in [0.1, 0.15) is 11.6 Å². The van der Waals surface area contributed by atoms with Crippen molar-refractivity contribution in [2.75, 3.05) is 27.8 Å². The number of fused-ring (bicyclic) bond motifs is 5. The number of nitrogen functional groups attached to an aromatic ring is 3. The number of ketones is 2. The third-order valence-corrected chi connectivity index (χ3v) is 23.3. The number of nitrogens with one attached hydrogen (secondary N) is 5. The summed E-state index contributed by atoms with van der Waals surface area (Å²) in [6.45, 7) is 69.2. The van der Waals surface area contributed by atoms with Crippen molar-refractivity contribution in [1.82, 2.24) is 15.0 Å². The first kappa shape index (κ1) is 127. The second-order valence-electron chi connectivity index (χ2n) is 43.7. The van der Waals surface area contributed by atoms with Crippen LogP contribution in [0.25, 0.3) is 32.7 Å². The molecule has 754 valence electrons. The molecule has 138 heavy (non-hydrogen) atoms. The fourth-order valence-electron chi connectivity index (χ4n) is 12.1. The average Bonchev–Trinajstić information content (AvgIpc) is 1.54. The molecule has 9 aromatic carbocycles. The number of aromatic amines is 3. The van der Waals surface area contributed by atoms with E-state index in [1.807, 2.05) is 191 Å². The first-order chi connectivity index (χ1) is 62.6. The van der Waals surface area contributed by atoms with Gasteiger partial charge in [-0.1, -0.05) is 356 Å². The van der Waals surface area contributed by atoms with Crippen molar-refractivity contribution in [1.29, 1.82) is 0 Å². The van der Waals surface area contributed by atoms with Gasteiger partial charge in [-0.15, -0.1) is 0 Å². The molecular weight excluding hydrogens is 1750 g/mol. The van der Waals surface area contributed by atoms with Gasteiger partial charge in [-0.2, -0.15) is 6.42 Å². The Balaban J connectivity index is -0.00000148. The topological polar surface area (TPSA) is 304 Å². The Morgan fingerprint density at radius 2 is 0.688 bits per heavy atom. The van der Waals surface area contributed by atoms with Crippen LogP contribution in [0.1, 0.15) is 294 Å². The number of benzene rings is 9. The van der Waals surface area contributed by atoms with Crippen LogP contribution in [-0.4, -0.2) is 58.9 Å². The van der Waals surface area contributed by atoms with Crippen molar-refractivity contribution < 1.29 is 50.9 Å². The Bertz CT molecular complexity index is 5540. The summed E-state index contributed by atoms with van der Waals surface area (Å²) in [4.78, 5) is 74.7. The van der Waals surface area contributed by atoms with E-state index in [9.17, 15) is 39.4 Å². The molecule has 12 aromatic rings. The number of carbonyl (C=O) groups excluding carboxylic acids is 4. The number of hydrogen-bond donors (Lipinski definition) is 8. The summed E-state index contributed by atoms with van der Waals surface area (Å²) in [5, 5.41) is 31.2. The number of unbranched alkanes of at least 4 members (excludes halogenated alkanes) is 1. The number of aryl methyl sites for hydroxylation is 4. The largest absolute Gasteiger partial charge is 1.00 e. The molecule has 21 heteroatoms. The number of carbonyl (C=O) groups is 4. The molecule has 0 aliphatic carbocycles. The molecule has 18 nitrogen and oxygen atoms in total. The monoisotopic (exact) mass is 1930 g/mol. The fraction of sp³-hybridized carbons (Fsp3) is 0.444. The maximum atomic E-state index is 11.8. The first-order valence-electron chi connectivity index (χ1n) is 47.2. The van der Waals surface area contributed by atoms with Crippen LogP contribution in [0.3, 0.4) is 0 Å². The van der Waals surface area contributed by atoms with Crippen LogP contribution in [-0.2, 0) is 61.1 Å². The maximum Gasteiger partial charge on any atom is 1.00 e. The molecule has 0 radical (unpaired) electrons. The van der Waals surface area contributed by atoms with Crippen LogP contribution in [0.15, 0.2) is 218 Å². The number of anilines is 5. The van der Waals surface area contributed by atoms with E-state index in [4.69, 9.17) is 43.4 Å². The number of Topliss-reactive ketones (excluding diaryl/α,β-unsaturated/α-hetero) is 2. The predicted octanol–water partition coefficient (Wildman–Crippen LogP) is 29.8. The van der Waals surface area contributed by atoms with Crippen molar-refractivity contribution >= 4 is 118 Å². The van der Waals surface area contributed by atoms with Crippen LogP contribution in [0.5, 0.6) is 0 Å². The number of nitrogens with two attached hydrogens (primary N) is 3. The van der Waals surface area contributed by atoms with Crippen molar-refractivity contribution in [2.24, 2.45) is 32.5 Å². The molecule has 0 spiro atoms. The molecule has 5 heterocycles. The predicted molar refractivity (Wildman–Crippen MR) is 596 cm³/mol. The second-order valence-corrected chi connectivity index (χ2v) is 44.4. The van der Waals surface area contributed by atoms with Gasteiger partial charge < -0.3 is 49.7 Å². The van der Waals surface area contributed by atoms with Crippen LogP contribution < -0.4 is 46.7 Å². The van der Waals surface area contributed by atoms with E-state index in [-0.39, 0.29) is 116 Å². The Morgan fingerprint density at radius 1 is 0.391 bits per heavy atom. The molecule has 2 aliphatic heterocycles. The van der Waals surface area contributed by atoms with Gasteiger partial charge in [0, 0.05) is 152 Å². The molecule has 11 N–H and O–H groups in total.